The van der Waals surface area contributed by atoms with Crippen LogP contribution in [0.15, 0.2) is 54.9 Å². The molecule has 0 aliphatic carbocycles. The third kappa shape index (κ3) is 3.02. The van der Waals surface area contributed by atoms with Gasteiger partial charge in [-0.15, -0.1) is 0 Å². The van der Waals surface area contributed by atoms with Gasteiger partial charge in [0.25, 0.3) is 11.8 Å². The molecule has 0 spiro atoms. The molecule has 0 unspecified atom stereocenters. The molecule has 8 heteroatoms. The van der Waals surface area contributed by atoms with E-state index in [1.165, 1.54) is 34.5 Å². The molecule has 0 atom stereocenters. The summed E-state index contributed by atoms with van der Waals surface area (Å²) in [7, 11) is 0. The van der Waals surface area contributed by atoms with E-state index in [2.05, 4.69) is 10.1 Å². The molecule has 28 heavy (non-hydrogen) atoms. The number of hydrogen-bond donors (Lipinski definition) is 0. The Labute approximate surface area is 161 Å². The number of pyridine rings is 1. The average molecular weight is 379 g/mol. The van der Waals surface area contributed by atoms with E-state index in [1.807, 2.05) is 30.3 Å². The molecule has 3 aromatic rings. The maximum Gasteiger partial charge on any atom is 0.277 e. The molecular weight excluding hydrogens is 361 g/mol. The van der Waals surface area contributed by atoms with Gasteiger partial charge in [-0.25, -0.2) is 19.7 Å². The van der Waals surface area contributed by atoms with Gasteiger partial charge in [0.05, 0.1) is 28.7 Å². The predicted octanol–water partition coefficient (Wildman–Crippen LogP) is 2.62. The molecule has 7 nitrogen and oxygen atoms in total. The van der Waals surface area contributed by atoms with E-state index < -0.39 is 11.9 Å². The molecule has 2 aromatic heterocycles. The molecule has 142 valence electrons. The highest BCUT2D eigenvalue weighted by Crippen LogP contribution is 2.21. The average Bonchev–Trinajstić information content (AvgIpc) is 3.35. The zero-order valence-corrected chi connectivity index (χ0v) is 15.2. The van der Waals surface area contributed by atoms with Gasteiger partial charge in [-0.05, 0) is 37.6 Å². The molecule has 0 saturated carbocycles. The topological polar surface area (TPSA) is 71.3 Å². The second-order valence-corrected chi connectivity index (χ2v) is 6.44. The van der Waals surface area contributed by atoms with Crippen molar-refractivity contribution in [2.24, 2.45) is 0 Å². The molecule has 4 rings (SSSR count). The molecule has 1 saturated heterocycles. The fourth-order valence-corrected chi connectivity index (χ4v) is 3.31. The highest BCUT2D eigenvalue weighted by Gasteiger charge is 2.34. The lowest BCUT2D eigenvalue weighted by Crippen LogP contribution is -2.45. The Morgan fingerprint density at radius 2 is 1.64 bits per heavy atom. The number of amides is 2. The standard InChI is InChI=1S/C20H18FN5O2/c1-14-17(13-23-26(14)15-7-3-2-4-8-15)20(28)25-12-6-11-24(25)19(27)16-9-5-10-22-18(16)21/h2-5,7-10,13H,6,11-12H2,1H3. The molecule has 0 radical (unpaired) electrons. The number of carbonyl (C=O) groups is 2. The third-order valence-corrected chi connectivity index (χ3v) is 4.73. The number of halogens is 1. The second kappa shape index (κ2) is 7.22. The molecule has 1 aromatic carbocycles. The first-order valence-corrected chi connectivity index (χ1v) is 8.92. The van der Waals surface area contributed by atoms with Gasteiger partial charge in [-0.3, -0.25) is 9.59 Å². The van der Waals surface area contributed by atoms with E-state index in [9.17, 15) is 14.0 Å². The van der Waals surface area contributed by atoms with Crippen molar-refractivity contribution in [1.29, 1.82) is 0 Å². The van der Waals surface area contributed by atoms with Crippen molar-refractivity contribution in [1.82, 2.24) is 24.8 Å². The van der Waals surface area contributed by atoms with Crippen LogP contribution in [0.5, 0.6) is 0 Å². The van der Waals surface area contributed by atoms with Crippen molar-refractivity contribution in [2.45, 2.75) is 13.3 Å². The lowest BCUT2D eigenvalue weighted by molar-refractivity contribution is 0.0182. The Bertz CT molecular complexity index is 1030. The normalized spacial score (nSPS) is 13.8. The zero-order valence-electron chi connectivity index (χ0n) is 15.2. The first-order valence-electron chi connectivity index (χ1n) is 8.92. The molecule has 2 amide bonds. The van der Waals surface area contributed by atoms with Crippen LogP contribution in [0.1, 0.15) is 32.8 Å². The maximum atomic E-state index is 13.9. The van der Waals surface area contributed by atoms with E-state index in [0.29, 0.717) is 30.8 Å². The summed E-state index contributed by atoms with van der Waals surface area (Å²) in [5, 5.41) is 6.95. The third-order valence-electron chi connectivity index (χ3n) is 4.73. The van der Waals surface area contributed by atoms with E-state index in [4.69, 9.17) is 0 Å². The van der Waals surface area contributed by atoms with E-state index >= 15 is 0 Å². The van der Waals surface area contributed by atoms with Gasteiger partial charge in [-0.2, -0.15) is 9.49 Å². The van der Waals surface area contributed by atoms with Crippen LogP contribution < -0.4 is 0 Å². The largest absolute Gasteiger partial charge is 0.277 e. The Hall–Kier alpha value is -3.55. The van der Waals surface area contributed by atoms with Crippen LogP contribution in [0.2, 0.25) is 0 Å². The Morgan fingerprint density at radius 1 is 0.964 bits per heavy atom. The van der Waals surface area contributed by atoms with Gasteiger partial charge in [0.15, 0.2) is 0 Å². The molecule has 1 fully saturated rings. The van der Waals surface area contributed by atoms with Gasteiger partial charge >= 0.3 is 0 Å². The first kappa shape index (κ1) is 17.8. The van der Waals surface area contributed by atoms with Gasteiger partial charge in [0.2, 0.25) is 5.95 Å². The molecule has 0 N–H and O–H groups in total. The summed E-state index contributed by atoms with van der Waals surface area (Å²) in [6.07, 6.45) is 3.39. The van der Waals surface area contributed by atoms with E-state index in [-0.39, 0.29) is 11.5 Å². The zero-order chi connectivity index (χ0) is 19.7. The van der Waals surface area contributed by atoms with Crippen LogP contribution in [0.25, 0.3) is 5.69 Å². The van der Waals surface area contributed by atoms with Crippen molar-refractivity contribution >= 4 is 11.8 Å². The predicted molar refractivity (Wildman–Crippen MR) is 99.2 cm³/mol. The number of rotatable bonds is 3. The number of hydrazine groups is 1. The smallest absolute Gasteiger partial charge is 0.267 e. The van der Waals surface area contributed by atoms with Gasteiger partial charge in [-0.1, -0.05) is 18.2 Å². The summed E-state index contributed by atoms with van der Waals surface area (Å²) in [6.45, 7) is 2.52. The van der Waals surface area contributed by atoms with Crippen molar-refractivity contribution in [3.05, 3.63) is 77.6 Å². The summed E-state index contributed by atoms with van der Waals surface area (Å²) in [4.78, 5) is 29.4. The highest BCUT2D eigenvalue weighted by molar-refractivity contribution is 5.99. The summed E-state index contributed by atoms with van der Waals surface area (Å²) in [6, 6.07) is 12.3. The lowest BCUT2D eigenvalue weighted by atomic mass is 10.2. The van der Waals surface area contributed by atoms with Gasteiger partial charge in [0.1, 0.15) is 0 Å². The number of para-hydroxylation sites is 1. The van der Waals surface area contributed by atoms with Crippen LogP contribution in [0, 0.1) is 12.9 Å². The summed E-state index contributed by atoms with van der Waals surface area (Å²) < 4.78 is 15.6. The maximum absolute atomic E-state index is 13.9. The minimum absolute atomic E-state index is 0.154. The van der Waals surface area contributed by atoms with Crippen LogP contribution in [0.4, 0.5) is 4.39 Å². The number of nitrogens with zero attached hydrogens (tertiary/aromatic N) is 5. The van der Waals surface area contributed by atoms with Gasteiger partial charge in [0, 0.05) is 19.3 Å². The van der Waals surface area contributed by atoms with Crippen molar-refractivity contribution < 1.29 is 14.0 Å². The number of benzene rings is 1. The molecule has 0 bridgehead atoms. The highest BCUT2D eigenvalue weighted by atomic mass is 19.1. The van der Waals surface area contributed by atoms with Crippen LogP contribution >= 0.6 is 0 Å². The Kier molecular flexibility index (Phi) is 4.60. The molecular formula is C20H18FN5O2. The molecule has 1 aliphatic heterocycles. The van der Waals surface area contributed by atoms with Crippen LogP contribution in [0.3, 0.4) is 0 Å². The summed E-state index contributed by atoms with van der Waals surface area (Å²) >= 11 is 0. The minimum atomic E-state index is -0.847. The van der Waals surface area contributed by atoms with Crippen LogP contribution in [-0.4, -0.2) is 49.7 Å². The van der Waals surface area contributed by atoms with Crippen molar-refractivity contribution in [3.63, 3.8) is 0 Å². The Morgan fingerprint density at radius 3 is 2.32 bits per heavy atom. The lowest BCUT2D eigenvalue weighted by Gasteiger charge is -2.27. The second-order valence-electron chi connectivity index (χ2n) is 6.44. The minimum Gasteiger partial charge on any atom is -0.267 e. The fourth-order valence-electron chi connectivity index (χ4n) is 3.31. The quantitative estimate of drug-likeness (QED) is 0.656. The first-order chi connectivity index (χ1) is 13.6. The van der Waals surface area contributed by atoms with E-state index in [1.54, 1.807) is 11.6 Å². The number of carbonyl (C=O) groups excluding carboxylic acids is 2. The SMILES string of the molecule is Cc1c(C(=O)N2CCCN2C(=O)c2cccnc2F)cnn1-c1ccccc1. The van der Waals surface area contributed by atoms with E-state index in [0.717, 1.165) is 5.69 Å². The van der Waals surface area contributed by atoms with Gasteiger partial charge < -0.3 is 0 Å². The monoisotopic (exact) mass is 379 g/mol. The number of aromatic nitrogens is 3. The van der Waals surface area contributed by atoms with Crippen LogP contribution in [-0.2, 0) is 0 Å². The Balaban J connectivity index is 1.62. The van der Waals surface area contributed by atoms with Crippen molar-refractivity contribution in [3.8, 4) is 5.69 Å². The molecule has 3 heterocycles. The molecule has 1 aliphatic rings. The fraction of sp³-hybridized carbons (Fsp3) is 0.200. The van der Waals surface area contributed by atoms with Crippen molar-refractivity contribution in [2.75, 3.05) is 13.1 Å². The number of hydrogen-bond acceptors (Lipinski definition) is 4. The summed E-state index contributed by atoms with van der Waals surface area (Å²) in [5.74, 6) is -1.76. The summed E-state index contributed by atoms with van der Waals surface area (Å²) in [5.41, 5.74) is 1.75.